The molecule has 0 spiro atoms. The summed E-state index contributed by atoms with van der Waals surface area (Å²) in [5, 5.41) is 3.59. The minimum Gasteiger partial charge on any atom is -0.462 e. The van der Waals surface area contributed by atoms with E-state index >= 15 is 0 Å². The molecule has 0 bridgehead atoms. The lowest BCUT2D eigenvalue weighted by Gasteiger charge is -2.03. The van der Waals surface area contributed by atoms with E-state index in [-0.39, 0.29) is 13.2 Å². The van der Waals surface area contributed by atoms with Crippen molar-refractivity contribution < 1.29 is 23.6 Å². The number of carbonyl (C=O) groups is 2. The molecule has 6 nitrogen and oxygen atoms in total. The molecule has 116 valence electrons. The van der Waals surface area contributed by atoms with Crippen molar-refractivity contribution >= 4 is 34.6 Å². The summed E-state index contributed by atoms with van der Waals surface area (Å²) in [5.74, 6) is -0.875. The molecule has 7 heteroatoms. The zero-order valence-corrected chi connectivity index (χ0v) is 13.8. The zero-order valence-electron chi connectivity index (χ0n) is 13.0. The molecule has 0 aliphatic rings. The Morgan fingerprint density at radius 3 is 2.29 bits per heavy atom. The smallest absolute Gasteiger partial charge is 0.348 e. The minimum atomic E-state index is -0.448. The first-order valence-electron chi connectivity index (χ1n) is 6.66. The molecule has 0 unspecified atom stereocenters. The van der Waals surface area contributed by atoms with Crippen LogP contribution < -0.4 is 5.32 Å². The summed E-state index contributed by atoms with van der Waals surface area (Å²) in [6.45, 7) is 5.77. The lowest BCUT2D eigenvalue weighted by Crippen LogP contribution is -2.12. The van der Waals surface area contributed by atoms with Gasteiger partial charge >= 0.3 is 11.9 Å². The van der Waals surface area contributed by atoms with E-state index in [1.54, 1.807) is 31.7 Å². The molecule has 0 fully saturated rings. The summed E-state index contributed by atoms with van der Waals surface area (Å²) in [6, 6.07) is 0. The minimum absolute atomic E-state index is 0.277. The zero-order chi connectivity index (χ0) is 16.0. The fourth-order valence-electron chi connectivity index (χ4n) is 1.64. The van der Waals surface area contributed by atoms with Gasteiger partial charge in [0.15, 0.2) is 5.00 Å². The van der Waals surface area contributed by atoms with Crippen LogP contribution in [0.5, 0.6) is 0 Å². The number of hydrogen-bond acceptors (Lipinski definition) is 5. The van der Waals surface area contributed by atoms with Crippen molar-refractivity contribution in [3.63, 3.8) is 0 Å². The largest absolute Gasteiger partial charge is 0.462 e. The van der Waals surface area contributed by atoms with Crippen LogP contribution in [0, 0.1) is 6.92 Å². The number of nitrogens with one attached hydrogen (secondary N) is 1. The van der Waals surface area contributed by atoms with Gasteiger partial charge in [0.25, 0.3) is 0 Å². The maximum absolute atomic E-state index is 12.1. The van der Waals surface area contributed by atoms with Gasteiger partial charge in [-0.2, -0.15) is 0 Å². The van der Waals surface area contributed by atoms with Gasteiger partial charge in [0.05, 0.1) is 27.3 Å². The number of rotatable bonds is 6. The van der Waals surface area contributed by atoms with Gasteiger partial charge in [-0.25, -0.2) is 14.9 Å². The highest BCUT2D eigenvalue weighted by Gasteiger charge is 2.28. The van der Waals surface area contributed by atoms with Gasteiger partial charge in [0.2, 0.25) is 6.34 Å². The van der Waals surface area contributed by atoms with Gasteiger partial charge in [-0.1, -0.05) is 11.3 Å². The molecule has 21 heavy (non-hydrogen) atoms. The van der Waals surface area contributed by atoms with E-state index in [1.165, 1.54) is 11.3 Å². The van der Waals surface area contributed by atoms with Gasteiger partial charge in [-0.3, -0.25) is 4.58 Å². The van der Waals surface area contributed by atoms with Crippen LogP contribution in [0.3, 0.4) is 0 Å². The Kier molecular flexibility index (Phi) is 6.36. The molecule has 0 amide bonds. The van der Waals surface area contributed by atoms with E-state index in [9.17, 15) is 9.59 Å². The molecule has 0 aliphatic carbocycles. The van der Waals surface area contributed by atoms with Crippen LogP contribution >= 0.6 is 11.3 Å². The average Bonchev–Trinajstić information content (AvgIpc) is 2.74. The van der Waals surface area contributed by atoms with E-state index in [0.29, 0.717) is 21.0 Å². The predicted molar refractivity (Wildman–Crippen MR) is 82.8 cm³/mol. The van der Waals surface area contributed by atoms with Crippen LogP contribution in [-0.2, 0) is 9.47 Å². The molecular weight excluding hydrogens is 292 g/mol. The summed E-state index contributed by atoms with van der Waals surface area (Å²) >= 11 is 1.19. The molecule has 0 radical (unpaired) electrons. The maximum Gasteiger partial charge on any atom is 0.348 e. The SMILES string of the molecule is CCOC(=O)c1sc(NC=[N+](C)C)c(C(=O)OCC)c1C. The van der Waals surface area contributed by atoms with Crippen molar-refractivity contribution in [1.82, 2.24) is 0 Å². The molecule has 1 heterocycles. The highest BCUT2D eigenvalue weighted by atomic mass is 32.1. The predicted octanol–water partition coefficient (Wildman–Crippen LogP) is 2.12. The number of carbonyl (C=O) groups excluding carboxylic acids is 2. The Hall–Kier alpha value is -1.89. The number of nitrogens with zero attached hydrogens (tertiary/aromatic N) is 1. The second-order valence-corrected chi connectivity index (χ2v) is 5.46. The molecule has 1 N–H and O–H groups in total. The normalized spacial score (nSPS) is 9.95. The molecule has 0 saturated carbocycles. The Morgan fingerprint density at radius 1 is 1.19 bits per heavy atom. The van der Waals surface area contributed by atoms with Gasteiger partial charge in [0.1, 0.15) is 10.4 Å². The quantitative estimate of drug-likeness (QED) is 0.377. The highest BCUT2D eigenvalue weighted by molar-refractivity contribution is 7.18. The Morgan fingerprint density at radius 2 is 1.76 bits per heavy atom. The monoisotopic (exact) mass is 313 g/mol. The molecule has 1 rings (SSSR count). The molecule has 0 aliphatic heterocycles. The summed E-state index contributed by atoms with van der Waals surface area (Å²) in [6.07, 6.45) is 1.70. The van der Waals surface area contributed by atoms with Crippen LogP contribution in [0.15, 0.2) is 0 Å². The number of hydrogen-bond donors (Lipinski definition) is 1. The van der Waals surface area contributed by atoms with Crippen LogP contribution in [-0.4, -0.2) is 50.2 Å². The molecule has 0 aromatic carbocycles. The van der Waals surface area contributed by atoms with Gasteiger partial charge in [-0.15, -0.1) is 0 Å². The van der Waals surface area contributed by atoms with Crippen LogP contribution in [0.1, 0.15) is 39.4 Å². The molecule has 1 aromatic rings. The van der Waals surface area contributed by atoms with E-state index in [1.807, 2.05) is 14.1 Å². The molecule has 0 saturated heterocycles. The summed E-state index contributed by atoms with van der Waals surface area (Å²) in [4.78, 5) is 24.4. The lowest BCUT2D eigenvalue weighted by molar-refractivity contribution is -0.459. The van der Waals surface area contributed by atoms with Gasteiger partial charge in [0, 0.05) is 0 Å². The third-order valence-electron chi connectivity index (χ3n) is 2.54. The highest BCUT2D eigenvalue weighted by Crippen LogP contribution is 2.33. The first kappa shape index (κ1) is 17.2. The first-order valence-corrected chi connectivity index (χ1v) is 7.47. The second-order valence-electron chi connectivity index (χ2n) is 4.44. The Bertz CT molecular complexity index is 560. The number of thiophene rings is 1. The van der Waals surface area contributed by atoms with E-state index in [0.717, 1.165) is 0 Å². The maximum atomic E-state index is 12.1. The fourth-order valence-corrected chi connectivity index (χ4v) is 2.69. The topological polar surface area (TPSA) is 67.6 Å². The van der Waals surface area contributed by atoms with Crippen molar-refractivity contribution in [2.45, 2.75) is 20.8 Å². The van der Waals surface area contributed by atoms with Crippen molar-refractivity contribution in [3.8, 4) is 0 Å². The Balaban J connectivity index is 3.26. The first-order chi connectivity index (χ1) is 9.92. The number of ether oxygens (including phenoxy) is 2. The van der Waals surface area contributed by atoms with Gasteiger partial charge in [-0.05, 0) is 26.3 Å². The van der Waals surface area contributed by atoms with E-state index in [2.05, 4.69) is 5.32 Å². The van der Waals surface area contributed by atoms with Crippen molar-refractivity contribution in [2.75, 3.05) is 32.6 Å². The number of anilines is 1. The van der Waals surface area contributed by atoms with Crippen LogP contribution in [0.25, 0.3) is 0 Å². The van der Waals surface area contributed by atoms with Crippen molar-refractivity contribution in [3.05, 3.63) is 16.0 Å². The van der Waals surface area contributed by atoms with E-state index < -0.39 is 11.9 Å². The third-order valence-corrected chi connectivity index (χ3v) is 3.74. The fraction of sp³-hybridized carbons (Fsp3) is 0.500. The summed E-state index contributed by atoms with van der Waals surface area (Å²) in [5.41, 5.74) is 0.953. The standard InChI is InChI=1S/C14H20N2O4S/c1-6-19-13(17)10-9(3)11(14(18)20-7-2)21-12(10)15-8-16(4)5/h8H,6-7H2,1-5H3/p+1. The van der Waals surface area contributed by atoms with Crippen LogP contribution in [0.4, 0.5) is 5.00 Å². The second kappa shape index (κ2) is 7.78. The van der Waals surface area contributed by atoms with Crippen LogP contribution in [0.2, 0.25) is 0 Å². The van der Waals surface area contributed by atoms with Crippen molar-refractivity contribution in [1.29, 1.82) is 0 Å². The third kappa shape index (κ3) is 4.29. The summed E-state index contributed by atoms with van der Waals surface area (Å²) in [7, 11) is 3.70. The molecular formula is C14H21N2O4S+. The summed E-state index contributed by atoms with van der Waals surface area (Å²) < 4.78 is 11.9. The molecule has 1 aromatic heterocycles. The molecule has 0 atom stereocenters. The lowest BCUT2D eigenvalue weighted by atomic mass is 10.1. The van der Waals surface area contributed by atoms with E-state index in [4.69, 9.17) is 9.47 Å². The number of esters is 2. The van der Waals surface area contributed by atoms with Gasteiger partial charge < -0.3 is 9.47 Å². The Labute approximate surface area is 128 Å². The van der Waals surface area contributed by atoms with Crippen molar-refractivity contribution in [2.24, 2.45) is 0 Å². The average molecular weight is 313 g/mol.